The maximum atomic E-state index is 13.4. The van der Waals surface area contributed by atoms with Gasteiger partial charge in [-0.2, -0.15) is 0 Å². The first-order valence-electron chi connectivity index (χ1n) is 10.9. The molecule has 1 saturated heterocycles. The second-order valence-electron chi connectivity index (χ2n) is 8.00. The van der Waals surface area contributed by atoms with E-state index in [9.17, 15) is 24.6 Å². The molecule has 1 heterocycles. The number of carbonyl (C=O) groups excluding carboxylic acids is 3. The van der Waals surface area contributed by atoms with Crippen molar-refractivity contribution in [1.82, 2.24) is 10.6 Å². The van der Waals surface area contributed by atoms with Crippen LogP contribution in [0.25, 0.3) is 0 Å². The number of nitrogens with two attached hydrogens (primary N) is 1. The van der Waals surface area contributed by atoms with Crippen LogP contribution in [0.4, 0.5) is 11.4 Å². The second kappa shape index (κ2) is 9.47. The maximum Gasteiger partial charge on any atom is 0.237 e. The van der Waals surface area contributed by atoms with Crippen molar-refractivity contribution in [3.05, 3.63) is 46.5 Å². The lowest BCUT2D eigenvalue weighted by Crippen LogP contribution is -2.42. The van der Waals surface area contributed by atoms with E-state index < -0.39 is 11.6 Å². The van der Waals surface area contributed by atoms with Crippen molar-refractivity contribution in [3.8, 4) is 11.5 Å². The molecular formula is C23H27N5O5. The Bertz CT molecular complexity index is 1110. The number of phenols is 2. The minimum atomic E-state index is -0.578. The Labute approximate surface area is 190 Å². The van der Waals surface area contributed by atoms with Gasteiger partial charge in [0.25, 0.3) is 0 Å². The summed E-state index contributed by atoms with van der Waals surface area (Å²) in [7, 11) is 0. The monoisotopic (exact) mass is 453 g/mol. The van der Waals surface area contributed by atoms with Gasteiger partial charge in [-0.1, -0.05) is 0 Å². The van der Waals surface area contributed by atoms with E-state index in [4.69, 9.17) is 5.73 Å². The van der Waals surface area contributed by atoms with E-state index in [1.165, 1.54) is 24.3 Å². The van der Waals surface area contributed by atoms with Gasteiger partial charge in [0.2, 0.25) is 17.5 Å². The summed E-state index contributed by atoms with van der Waals surface area (Å²) >= 11 is 0. The number of rotatable bonds is 8. The predicted octanol–water partition coefficient (Wildman–Crippen LogP) is 0.524. The van der Waals surface area contributed by atoms with Gasteiger partial charge in [-0.3, -0.25) is 14.4 Å². The fourth-order valence-electron chi connectivity index (χ4n) is 4.28. The molecule has 0 aromatic heterocycles. The minimum Gasteiger partial charge on any atom is -0.507 e. The fraction of sp³-hybridized carbons (Fsp3) is 0.348. The highest BCUT2D eigenvalue weighted by molar-refractivity contribution is 6.33. The molecule has 0 radical (unpaired) electrons. The molecule has 0 bridgehead atoms. The number of amides is 1. The van der Waals surface area contributed by atoms with E-state index in [1.54, 1.807) is 0 Å². The van der Waals surface area contributed by atoms with Crippen LogP contribution >= 0.6 is 0 Å². The molecule has 1 unspecified atom stereocenters. The summed E-state index contributed by atoms with van der Waals surface area (Å²) in [5.41, 5.74) is 5.97. The molecule has 10 heteroatoms. The minimum absolute atomic E-state index is 0.00438. The van der Waals surface area contributed by atoms with Crippen molar-refractivity contribution in [3.63, 3.8) is 0 Å². The number of hydrogen-bond donors (Lipinski definition) is 7. The summed E-state index contributed by atoms with van der Waals surface area (Å²) in [5, 5.41) is 32.8. The van der Waals surface area contributed by atoms with Crippen molar-refractivity contribution in [1.29, 1.82) is 0 Å². The van der Waals surface area contributed by atoms with Gasteiger partial charge in [0, 0.05) is 37.6 Å². The molecule has 2 aromatic carbocycles. The summed E-state index contributed by atoms with van der Waals surface area (Å²) in [5.74, 6) is -1.88. The Morgan fingerprint density at radius 1 is 0.909 bits per heavy atom. The Morgan fingerprint density at radius 3 is 2.00 bits per heavy atom. The third-order valence-corrected chi connectivity index (χ3v) is 5.85. The lowest BCUT2D eigenvalue weighted by atomic mass is 9.81. The normalized spacial score (nSPS) is 16.8. The molecule has 8 N–H and O–H groups in total. The van der Waals surface area contributed by atoms with Gasteiger partial charge >= 0.3 is 0 Å². The second-order valence-corrected chi connectivity index (χ2v) is 8.00. The van der Waals surface area contributed by atoms with Crippen molar-refractivity contribution in [2.75, 3.05) is 43.4 Å². The average Bonchev–Trinajstić information content (AvgIpc) is 3.35. The molecule has 1 aliphatic heterocycles. The van der Waals surface area contributed by atoms with Gasteiger partial charge in [0.05, 0.1) is 28.3 Å². The van der Waals surface area contributed by atoms with Crippen molar-refractivity contribution < 1.29 is 24.6 Å². The summed E-state index contributed by atoms with van der Waals surface area (Å²) < 4.78 is 0. The highest BCUT2D eigenvalue weighted by Gasteiger charge is 2.37. The van der Waals surface area contributed by atoms with E-state index in [0.717, 1.165) is 19.4 Å². The zero-order valence-corrected chi connectivity index (χ0v) is 18.0. The standard InChI is InChI=1S/C23H27N5O5/c24-7-9-26-12-3-5-15(29)19-17(12)21(31)20-16(30)6-4-13(18(20)22(19)32)27-10-11-28-23(33)14-2-1-8-25-14/h3-6,14,25-27,29-30H,1-2,7-11,24H2,(H,28,33). The molecule has 1 atom stereocenters. The van der Waals surface area contributed by atoms with E-state index >= 15 is 0 Å². The lowest BCUT2D eigenvalue weighted by molar-refractivity contribution is -0.122. The van der Waals surface area contributed by atoms with Crippen LogP contribution in [0.3, 0.4) is 0 Å². The highest BCUT2D eigenvalue weighted by atomic mass is 16.3. The highest BCUT2D eigenvalue weighted by Crippen LogP contribution is 2.42. The molecule has 33 heavy (non-hydrogen) atoms. The van der Waals surface area contributed by atoms with Gasteiger partial charge in [0.1, 0.15) is 11.5 Å². The maximum absolute atomic E-state index is 13.4. The molecule has 2 aliphatic rings. The first kappa shape index (κ1) is 22.6. The zero-order valence-electron chi connectivity index (χ0n) is 18.0. The zero-order chi connectivity index (χ0) is 23.5. The van der Waals surface area contributed by atoms with Crippen LogP contribution in [-0.2, 0) is 4.79 Å². The van der Waals surface area contributed by atoms with Crippen molar-refractivity contribution in [2.24, 2.45) is 5.73 Å². The Morgan fingerprint density at radius 2 is 1.48 bits per heavy atom. The Balaban J connectivity index is 1.59. The summed E-state index contributed by atoms with van der Waals surface area (Å²) in [6.45, 7) is 2.10. The van der Waals surface area contributed by atoms with Crippen LogP contribution < -0.4 is 27.0 Å². The molecule has 0 saturated carbocycles. The number of ketones is 2. The lowest BCUT2D eigenvalue weighted by Gasteiger charge is -2.24. The molecule has 4 rings (SSSR count). The van der Waals surface area contributed by atoms with E-state index in [0.29, 0.717) is 37.6 Å². The first-order valence-corrected chi connectivity index (χ1v) is 10.9. The number of nitrogens with one attached hydrogen (secondary N) is 4. The topological polar surface area (TPSA) is 166 Å². The third-order valence-electron chi connectivity index (χ3n) is 5.85. The van der Waals surface area contributed by atoms with Gasteiger partial charge in [-0.25, -0.2) is 0 Å². The van der Waals surface area contributed by atoms with Crippen LogP contribution in [0, 0.1) is 0 Å². The number of fused-ring (bicyclic) bond motifs is 2. The van der Waals surface area contributed by atoms with E-state index in [2.05, 4.69) is 21.3 Å². The number of carbonyl (C=O) groups is 3. The van der Waals surface area contributed by atoms with Crippen LogP contribution in [-0.4, -0.2) is 66.5 Å². The fourth-order valence-corrected chi connectivity index (χ4v) is 4.28. The smallest absolute Gasteiger partial charge is 0.237 e. The van der Waals surface area contributed by atoms with Gasteiger partial charge in [-0.05, 0) is 43.7 Å². The number of benzene rings is 2. The predicted molar refractivity (Wildman–Crippen MR) is 123 cm³/mol. The molecule has 174 valence electrons. The number of anilines is 2. The van der Waals surface area contributed by atoms with E-state index in [1.807, 2.05) is 0 Å². The van der Waals surface area contributed by atoms with Crippen molar-refractivity contribution >= 4 is 28.8 Å². The van der Waals surface area contributed by atoms with Crippen LogP contribution in [0.2, 0.25) is 0 Å². The largest absolute Gasteiger partial charge is 0.507 e. The molecule has 1 amide bonds. The number of hydrogen-bond acceptors (Lipinski definition) is 9. The summed E-state index contributed by atoms with van der Waals surface area (Å²) in [4.78, 5) is 38.9. The number of phenolic OH excluding ortho intramolecular Hbond substituents is 2. The van der Waals surface area contributed by atoms with Crippen LogP contribution in [0.15, 0.2) is 24.3 Å². The van der Waals surface area contributed by atoms with E-state index in [-0.39, 0.29) is 45.7 Å². The quantitative estimate of drug-likeness (QED) is 0.190. The Kier molecular flexibility index (Phi) is 6.47. The third kappa shape index (κ3) is 4.22. The molecule has 2 aromatic rings. The summed E-state index contributed by atoms with van der Waals surface area (Å²) in [6, 6.07) is 5.50. The van der Waals surface area contributed by atoms with Gasteiger partial charge in [0.15, 0.2) is 0 Å². The molecule has 10 nitrogen and oxygen atoms in total. The van der Waals surface area contributed by atoms with Crippen molar-refractivity contribution in [2.45, 2.75) is 18.9 Å². The van der Waals surface area contributed by atoms with Gasteiger partial charge in [-0.15, -0.1) is 0 Å². The number of aromatic hydroxyl groups is 2. The molecular weight excluding hydrogens is 426 g/mol. The first-order chi connectivity index (χ1) is 15.9. The molecule has 1 aliphatic carbocycles. The summed E-state index contributed by atoms with van der Waals surface area (Å²) in [6.07, 6.45) is 1.76. The van der Waals surface area contributed by atoms with Crippen LogP contribution in [0.1, 0.15) is 44.7 Å². The average molecular weight is 453 g/mol. The molecule has 0 spiro atoms. The van der Waals surface area contributed by atoms with Gasteiger partial charge < -0.3 is 37.2 Å². The molecule has 1 fully saturated rings. The van der Waals surface area contributed by atoms with Crippen LogP contribution in [0.5, 0.6) is 11.5 Å². The SMILES string of the molecule is NCCNc1ccc(O)c2c1C(=O)c1c(O)ccc(NCCNC(=O)C3CCCN3)c1C2=O. The Hall–Kier alpha value is -3.63.